The normalized spacial score (nSPS) is 19.6. The largest absolute Gasteiger partial charge is 0.550 e. The molecule has 1 atom stereocenters. The molecule has 0 unspecified atom stereocenters. The van der Waals surface area contributed by atoms with Crippen LogP contribution in [0.2, 0.25) is 0 Å². The minimum Gasteiger partial charge on any atom is -0.550 e. The highest BCUT2D eigenvalue weighted by atomic mass is 16.4. The Balaban J connectivity index is 2.14. The number of aryl methyl sites for hydroxylation is 2. The second-order valence-corrected chi connectivity index (χ2v) is 5.79. The van der Waals surface area contributed by atoms with Gasteiger partial charge in [-0.25, -0.2) is 0 Å². The third kappa shape index (κ3) is 1.92. The summed E-state index contributed by atoms with van der Waals surface area (Å²) < 4.78 is 0. The number of carboxylic acids is 1. The van der Waals surface area contributed by atoms with Gasteiger partial charge in [0.05, 0.1) is 0 Å². The molecule has 2 heteroatoms. The van der Waals surface area contributed by atoms with Crippen molar-refractivity contribution in [2.75, 3.05) is 0 Å². The lowest BCUT2D eigenvalue weighted by Crippen LogP contribution is -2.29. The predicted octanol–water partition coefficient (Wildman–Crippen LogP) is 2.36. The third-order valence-corrected chi connectivity index (χ3v) is 4.31. The molecule has 0 heterocycles. The molecule has 0 radical (unpaired) electrons. The van der Waals surface area contributed by atoms with E-state index in [-0.39, 0.29) is 0 Å². The minimum atomic E-state index is -0.951. The van der Waals surface area contributed by atoms with Gasteiger partial charge in [0.15, 0.2) is 0 Å². The molecular formula is C18H17O2-. The molecule has 0 spiro atoms. The highest BCUT2D eigenvalue weighted by Crippen LogP contribution is 2.58. The van der Waals surface area contributed by atoms with Crippen LogP contribution >= 0.6 is 0 Å². The van der Waals surface area contributed by atoms with E-state index in [2.05, 4.69) is 12.1 Å². The fraction of sp³-hybridized carbons (Fsp3) is 0.278. The molecule has 0 N–H and O–H groups in total. The molecule has 3 rings (SSSR count). The molecule has 2 aromatic carbocycles. The van der Waals surface area contributed by atoms with Gasteiger partial charge in [0.25, 0.3) is 0 Å². The Hall–Kier alpha value is -2.09. The molecule has 1 saturated carbocycles. The van der Waals surface area contributed by atoms with Crippen LogP contribution in [0.1, 0.15) is 28.7 Å². The van der Waals surface area contributed by atoms with Crippen LogP contribution in [0.4, 0.5) is 0 Å². The number of carboxylic acid groups (broad SMARTS) is 1. The van der Waals surface area contributed by atoms with E-state index in [1.807, 2.05) is 50.2 Å². The maximum Gasteiger partial charge on any atom is 0.0458 e. The van der Waals surface area contributed by atoms with Crippen molar-refractivity contribution in [3.63, 3.8) is 0 Å². The zero-order valence-electron chi connectivity index (χ0n) is 11.7. The second-order valence-electron chi connectivity index (χ2n) is 5.79. The van der Waals surface area contributed by atoms with Gasteiger partial charge in [0.2, 0.25) is 0 Å². The molecular weight excluding hydrogens is 248 g/mol. The molecule has 1 fully saturated rings. The maximum absolute atomic E-state index is 11.4. The predicted molar refractivity (Wildman–Crippen MR) is 76.3 cm³/mol. The van der Waals surface area contributed by atoms with Gasteiger partial charge in [-0.1, -0.05) is 59.7 Å². The van der Waals surface area contributed by atoms with Crippen LogP contribution in [0, 0.1) is 19.8 Å². The summed E-state index contributed by atoms with van der Waals surface area (Å²) >= 11 is 0. The van der Waals surface area contributed by atoms with E-state index in [4.69, 9.17) is 0 Å². The quantitative estimate of drug-likeness (QED) is 0.854. The van der Waals surface area contributed by atoms with E-state index >= 15 is 0 Å². The number of hydrogen-bond acceptors (Lipinski definition) is 2. The Morgan fingerprint density at radius 3 is 1.90 bits per heavy atom. The van der Waals surface area contributed by atoms with Crippen molar-refractivity contribution >= 4 is 5.97 Å². The zero-order valence-corrected chi connectivity index (χ0v) is 11.7. The van der Waals surface area contributed by atoms with Gasteiger partial charge in [-0.2, -0.15) is 0 Å². The fourth-order valence-electron chi connectivity index (χ4n) is 3.20. The van der Waals surface area contributed by atoms with Crippen molar-refractivity contribution in [2.45, 2.75) is 25.7 Å². The summed E-state index contributed by atoms with van der Waals surface area (Å²) in [5, 5.41) is 11.4. The first-order valence-corrected chi connectivity index (χ1v) is 6.89. The van der Waals surface area contributed by atoms with Crippen molar-refractivity contribution in [3.8, 4) is 0 Å². The number of rotatable bonds is 3. The van der Waals surface area contributed by atoms with Gasteiger partial charge in [-0.15, -0.1) is 0 Å². The lowest BCUT2D eigenvalue weighted by atomic mass is 9.84. The van der Waals surface area contributed by atoms with Gasteiger partial charge in [-0.05, 0) is 31.4 Å². The summed E-state index contributed by atoms with van der Waals surface area (Å²) in [6.07, 6.45) is 0.627. The van der Waals surface area contributed by atoms with Crippen molar-refractivity contribution < 1.29 is 9.90 Å². The second kappa shape index (κ2) is 4.48. The lowest BCUT2D eigenvalue weighted by Gasteiger charge is -2.20. The van der Waals surface area contributed by atoms with Gasteiger partial charge in [0.1, 0.15) is 0 Å². The first kappa shape index (κ1) is 12.9. The summed E-state index contributed by atoms with van der Waals surface area (Å²) in [6.45, 7) is 4.06. The first-order chi connectivity index (χ1) is 9.54. The smallest absolute Gasteiger partial charge is 0.0458 e. The van der Waals surface area contributed by atoms with Crippen LogP contribution in [0.15, 0.2) is 48.5 Å². The van der Waals surface area contributed by atoms with E-state index in [9.17, 15) is 9.90 Å². The molecule has 0 saturated heterocycles. The molecule has 2 nitrogen and oxygen atoms in total. The van der Waals surface area contributed by atoms with Gasteiger partial charge < -0.3 is 9.90 Å². The minimum absolute atomic E-state index is 0.406. The number of aliphatic carboxylic acids is 1. The van der Waals surface area contributed by atoms with Crippen LogP contribution in [-0.2, 0) is 10.2 Å². The molecule has 1 aliphatic rings. The van der Waals surface area contributed by atoms with Crippen molar-refractivity contribution in [2.24, 2.45) is 5.92 Å². The molecule has 0 amide bonds. The highest BCUT2D eigenvalue weighted by molar-refractivity contribution is 5.78. The summed E-state index contributed by atoms with van der Waals surface area (Å²) in [5.41, 5.74) is 4.06. The Kier molecular flexibility index (Phi) is 2.89. The van der Waals surface area contributed by atoms with Gasteiger partial charge in [0, 0.05) is 17.3 Å². The number of carbonyl (C=O) groups is 1. The van der Waals surface area contributed by atoms with E-state index in [0.29, 0.717) is 6.42 Å². The number of carbonyl (C=O) groups excluding carboxylic acids is 1. The molecule has 2 aromatic rings. The molecule has 102 valence electrons. The van der Waals surface area contributed by atoms with E-state index < -0.39 is 17.3 Å². The first-order valence-electron chi connectivity index (χ1n) is 6.89. The Bertz CT molecular complexity index is 627. The standard InChI is InChI=1S/C18H18O2/c1-12-5-3-7-14(9-12)18(11-16(18)17(19)20)15-8-4-6-13(2)10-15/h3-10,16H,11H2,1-2H3,(H,19,20)/p-1/t16-/m1/s1. The fourth-order valence-corrected chi connectivity index (χ4v) is 3.20. The lowest BCUT2D eigenvalue weighted by molar-refractivity contribution is -0.308. The average molecular weight is 265 g/mol. The number of benzene rings is 2. The van der Waals surface area contributed by atoms with E-state index in [1.165, 1.54) is 0 Å². The zero-order chi connectivity index (χ0) is 14.3. The SMILES string of the molecule is Cc1cccc(C2(c3cccc(C)c3)C[C@@H]2C(=O)[O-])c1. The van der Waals surface area contributed by atoms with Crippen LogP contribution in [0.25, 0.3) is 0 Å². The van der Waals surface area contributed by atoms with E-state index in [0.717, 1.165) is 22.3 Å². The summed E-state index contributed by atoms with van der Waals surface area (Å²) in [4.78, 5) is 11.4. The average Bonchev–Trinajstić information content (AvgIpc) is 3.15. The van der Waals surface area contributed by atoms with Gasteiger partial charge >= 0.3 is 0 Å². The molecule has 0 aromatic heterocycles. The number of hydrogen-bond donors (Lipinski definition) is 0. The van der Waals surface area contributed by atoms with E-state index in [1.54, 1.807) is 0 Å². The van der Waals surface area contributed by atoms with Gasteiger partial charge in [-0.3, -0.25) is 0 Å². The van der Waals surface area contributed by atoms with Crippen LogP contribution in [0.5, 0.6) is 0 Å². The molecule has 1 aliphatic carbocycles. The highest BCUT2D eigenvalue weighted by Gasteiger charge is 2.57. The molecule has 0 bridgehead atoms. The molecule has 20 heavy (non-hydrogen) atoms. The third-order valence-electron chi connectivity index (χ3n) is 4.31. The Labute approximate surface area is 119 Å². The Morgan fingerprint density at radius 2 is 1.55 bits per heavy atom. The summed E-state index contributed by atoms with van der Waals surface area (Å²) in [7, 11) is 0. The topological polar surface area (TPSA) is 40.1 Å². The summed E-state index contributed by atoms with van der Waals surface area (Å²) in [6, 6.07) is 16.3. The monoisotopic (exact) mass is 265 g/mol. The maximum atomic E-state index is 11.4. The Morgan fingerprint density at radius 1 is 1.05 bits per heavy atom. The molecule has 0 aliphatic heterocycles. The van der Waals surface area contributed by atoms with Crippen molar-refractivity contribution in [1.82, 2.24) is 0 Å². The van der Waals surface area contributed by atoms with Crippen molar-refractivity contribution in [1.29, 1.82) is 0 Å². The van der Waals surface area contributed by atoms with Crippen LogP contribution in [0.3, 0.4) is 0 Å². The van der Waals surface area contributed by atoms with Crippen molar-refractivity contribution in [3.05, 3.63) is 70.8 Å². The van der Waals surface area contributed by atoms with Crippen LogP contribution in [-0.4, -0.2) is 5.97 Å². The summed E-state index contributed by atoms with van der Waals surface area (Å²) in [5.74, 6) is -1.38. The van der Waals surface area contributed by atoms with Crippen LogP contribution < -0.4 is 5.11 Å².